The molecule has 2 heterocycles. The van der Waals surface area contributed by atoms with Crippen LogP contribution >= 0.6 is 11.6 Å². The highest BCUT2D eigenvalue weighted by Crippen LogP contribution is 2.35. The number of ether oxygens (including phenoxy) is 1. The van der Waals surface area contributed by atoms with E-state index in [1.807, 2.05) is 6.92 Å². The highest BCUT2D eigenvalue weighted by atomic mass is 35.5. The maximum absolute atomic E-state index is 14.4. The summed E-state index contributed by atoms with van der Waals surface area (Å²) >= 11 is 5.89. The lowest BCUT2D eigenvalue weighted by molar-refractivity contribution is 0.0527. The van der Waals surface area contributed by atoms with Gasteiger partial charge in [-0.3, -0.25) is 4.79 Å². The summed E-state index contributed by atoms with van der Waals surface area (Å²) in [4.78, 5) is 14.2. The first-order chi connectivity index (χ1) is 9.56. The van der Waals surface area contributed by atoms with Crippen LogP contribution in [0.4, 0.5) is 4.39 Å². The van der Waals surface area contributed by atoms with Crippen molar-refractivity contribution in [2.75, 3.05) is 0 Å². The molecular formula is C15H13ClFNO2. The summed E-state index contributed by atoms with van der Waals surface area (Å²) in [5.74, 6) is -0.481. The predicted molar refractivity (Wildman–Crippen MR) is 75.4 cm³/mol. The van der Waals surface area contributed by atoms with Crippen LogP contribution in [0.25, 0.3) is 11.1 Å². The van der Waals surface area contributed by atoms with E-state index < -0.39 is 5.82 Å². The van der Waals surface area contributed by atoms with E-state index in [1.54, 1.807) is 12.3 Å². The summed E-state index contributed by atoms with van der Waals surface area (Å²) in [5.41, 5.74) is 2.23. The van der Waals surface area contributed by atoms with Crippen LogP contribution in [0.5, 0.6) is 0 Å². The largest absolute Gasteiger partial charge is 0.373 e. The normalized spacial score (nSPS) is 17.9. The Balaban J connectivity index is 2.34. The van der Waals surface area contributed by atoms with Crippen LogP contribution in [0.3, 0.4) is 0 Å². The Kier molecular flexibility index (Phi) is 3.36. The van der Waals surface area contributed by atoms with E-state index in [0.717, 1.165) is 11.1 Å². The summed E-state index contributed by atoms with van der Waals surface area (Å²) in [6.07, 6.45) is 2.12. The third-order valence-electron chi connectivity index (χ3n) is 3.49. The molecule has 1 unspecified atom stereocenters. The molecule has 1 N–H and O–H groups in total. The molecule has 0 fully saturated rings. The van der Waals surface area contributed by atoms with Gasteiger partial charge in [-0.2, -0.15) is 0 Å². The standard InChI is InChI=1S/C15H13ClFNO2/c1-8-4-9-2-3-12(16)15(17)14(9)11-5-13(19)18-6-10(11)7-20-8/h2-3,5-6,8H,4,7H2,1H3,(H,18,19). The van der Waals surface area contributed by atoms with Gasteiger partial charge in [-0.15, -0.1) is 0 Å². The lowest BCUT2D eigenvalue weighted by Crippen LogP contribution is -2.18. The number of rotatable bonds is 0. The zero-order valence-electron chi connectivity index (χ0n) is 10.9. The van der Waals surface area contributed by atoms with E-state index >= 15 is 0 Å². The number of benzene rings is 1. The van der Waals surface area contributed by atoms with Gasteiger partial charge in [0, 0.05) is 23.4 Å². The average Bonchev–Trinajstić information content (AvgIpc) is 2.40. The van der Waals surface area contributed by atoms with Crippen molar-refractivity contribution >= 4 is 11.6 Å². The van der Waals surface area contributed by atoms with Gasteiger partial charge in [-0.05, 0) is 30.5 Å². The third kappa shape index (κ3) is 2.25. The van der Waals surface area contributed by atoms with E-state index in [0.29, 0.717) is 24.2 Å². The highest BCUT2D eigenvalue weighted by Gasteiger charge is 2.22. The predicted octanol–water partition coefficient (Wildman–Crippen LogP) is 3.30. The lowest BCUT2D eigenvalue weighted by atomic mass is 9.92. The molecule has 3 rings (SSSR count). The molecule has 2 aromatic rings. The van der Waals surface area contributed by atoms with Crippen molar-refractivity contribution < 1.29 is 9.13 Å². The second kappa shape index (κ2) is 5.04. The zero-order chi connectivity index (χ0) is 14.3. The van der Waals surface area contributed by atoms with E-state index in [-0.39, 0.29) is 16.7 Å². The number of hydrogen-bond donors (Lipinski definition) is 1. The molecule has 0 amide bonds. The second-order valence-electron chi connectivity index (χ2n) is 4.96. The summed E-state index contributed by atoms with van der Waals surface area (Å²) < 4.78 is 20.1. The smallest absolute Gasteiger partial charge is 0.248 e. The number of H-pyrrole nitrogens is 1. The Labute approximate surface area is 120 Å². The van der Waals surface area contributed by atoms with Crippen LogP contribution in [0, 0.1) is 5.82 Å². The molecule has 0 aliphatic carbocycles. The fraction of sp³-hybridized carbons (Fsp3) is 0.267. The first kappa shape index (κ1) is 13.3. The zero-order valence-corrected chi connectivity index (χ0v) is 11.6. The van der Waals surface area contributed by atoms with Crippen LogP contribution in [-0.4, -0.2) is 11.1 Å². The van der Waals surface area contributed by atoms with Crippen LogP contribution in [-0.2, 0) is 17.8 Å². The first-order valence-electron chi connectivity index (χ1n) is 6.36. The average molecular weight is 294 g/mol. The van der Waals surface area contributed by atoms with Crippen molar-refractivity contribution in [3.63, 3.8) is 0 Å². The maximum atomic E-state index is 14.4. The van der Waals surface area contributed by atoms with E-state index in [1.165, 1.54) is 12.1 Å². The first-order valence-corrected chi connectivity index (χ1v) is 6.74. The highest BCUT2D eigenvalue weighted by molar-refractivity contribution is 6.31. The van der Waals surface area contributed by atoms with Crippen molar-refractivity contribution in [1.82, 2.24) is 4.98 Å². The van der Waals surface area contributed by atoms with Crippen molar-refractivity contribution in [2.24, 2.45) is 0 Å². The number of hydrogen-bond acceptors (Lipinski definition) is 2. The van der Waals surface area contributed by atoms with Gasteiger partial charge in [0.15, 0.2) is 0 Å². The number of aromatic nitrogens is 1. The van der Waals surface area contributed by atoms with Crippen molar-refractivity contribution in [1.29, 1.82) is 0 Å². The maximum Gasteiger partial charge on any atom is 0.248 e. The molecule has 20 heavy (non-hydrogen) atoms. The van der Waals surface area contributed by atoms with E-state index in [4.69, 9.17) is 16.3 Å². The molecule has 1 aliphatic rings. The summed E-state index contributed by atoms with van der Waals surface area (Å²) in [7, 11) is 0. The van der Waals surface area contributed by atoms with E-state index in [2.05, 4.69) is 4.98 Å². The van der Waals surface area contributed by atoms with Crippen molar-refractivity contribution in [3.8, 4) is 11.1 Å². The quantitative estimate of drug-likeness (QED) is 0.810. The van der Waals surface area contributed by atoms with Crippen molar-refractivity contribution in [2.45, 2.75) is 26.1 Å². The molecule has 0 bridgehead atoms. The van der Waals surface area contributed by atoms with Gasteiger partial charge in [0.05, 0.1) is 17.7 Å². The molecular weight excluding hydrogens is 281 g/mol. The molecule has 1 aromatic heterocycles. The molecule has 0 saturated carbocycles. The molecule has 3 nitrogen and oxygen atoms in total. The number of halogens is 2. The molecule has 1 atom stereocenters. The van der Waals surface area contributed by atoms with Gasteiger partial charge >= 0.3 is 0 Å². The summed E-state index contributed by atoms with van der Waals surface area (Å²) in [5, 5.41) is 0.0594. The second-order valence-corrected chi connectivity index (χ2v) is 5.36. The summed E-state index contributed by atoms with van der Waals surface area (Å²) in [6, 6.07) is 4.72. The topological polar surface area (TPSA) is 42.1 Å². The molecule has 0 spiro atoms. The molecule has 0 radical (unpaired) electrons. The Morgan fingerprint density at radius 1 is 1.40 bits per heavy atom. The Bertz CT molecular complexity index is 726. The van der Waals surface area contributed by atoms with Gasteiger partial charge in [-0.1, -0.05) is 17.7 Å². The number of pyridine rings is 1. The number of fused-ring (bicyclic) bond motifs is 3. The van der Waals surface area contributed by atoms with Crippen LogP contribution in [0.15, 0.2) is 29.2 Å². The Morgan fingerprint density at radius 2 is 2.20 bits per heavy atom. The van der Waals surface area contributed by atoms with E-state index in [9.17, 15) is 9.18 Å². The monoisotopic (exact) mass is 293 g/mol. The van der Waals surface area contributed by atoms with Gasteiger partial charge < -0.3 is 9.72 Å². The van der Waals surface area contributed by atoms with Gasteiger partial charge in [0.1, 0.15) is 5.82 Å². The van der Waals surface area contributed by atoms with Crippen LogP contribution in [0.1, 0.15) is 18.1 Å². The van der Waals surface area contributed by atoms with Gasteiger partial charge in [-0.25, -0.2) is 4.39 Å². The number of nitrogens with one attached hydrogen (secondary N) is 1. The minimum absolute atomic E-state index is 0.0330. The molecule has 1 aliphatic heterocycles. The molecule has 0 saturated heterocycles. The molecule has 1 aromatic carbocycles. The summed E-state index contributed by atoms with van der Waals surface area (Å²) in [6.45, 7) is 2.27. The lowest BCUT2D eigenvalue weighted by Gasteiger charge is -2.22. The molecule has 5 heteroatoms. The SMILES string of the molecule is CC1Cc2ccc(Cl)c(F)c2-c2cc(=O)[nH]cc2CO1. The minimum atomic E-state index is -0.481. The fourth-order valence-electron chi connectivity index (χ4n) is 2.51. The van der Waals surface area contributed by atoms with Crippen LogP contribution in [0.2, 0.25) is 5.02 Å². The molecule has 104 valence electrons. The Hall–Kier alpha value is -1.65. The Morgan fingerprint density at radius 3 is 3.00 bits per heavy atom. The minimum Gasteiger partial charge on any atom is -0.373 e. The van der Waals surface area contributed by atoms with Crippen LogP contribution < -0.4 is 5.56 Å². The van der Waals surface area contributed by atoms with Gasteiger partial charge in [0.2, 0.25) is 5.56 Å². The van der Waals surface area contributed by atoms with Crippen molar-refractivity contribution in [3.05, 3.63) is 56.7 Å². The third-order valence-corrected chi connectivity index (χ3v) is 3.78. The van der Waals surface area contributed by atoms with Gasteiger partial charge in [0.25, 0.3) is 0 Å². The number of aromatic amines is 1. The fourth-order valence-corrected chi connectivity index (χ4v) is 2.66.